The summed E-state index contributed by atoms with van der Waals surface area (Å²) >= 11 is 0. The molecule has 2 unspecified atom stereocenters. The summed E-state index contributed by atoms with van der Waals surface area (Å²) in [6.45, 7) is 2.16. The van der Waals surface area contributed by atoms with E-state index >= 15 is 0 Å². The second-order valence-corrected chi connectivity index (χ2v) is 2.76. The largest absolute Gasteiger partial charge is 0.374 e. The number of ether oxygens (including phenoxy) is 1. The van der Waals surface area contributed by atoms with Crippen LogP contribution < -0.4 is 0 Å². The highest BCUT2D eigenvalue weighted by atomic mass is 16.5. The van der Waals surface area contributed by atoms with Crippen LogP contribution in [0, 0.1) is 11.3 Å². The van der Waals surface area contributed by atoms with E-state index in [2.05, 4.69) is 0 Å². The van der Waals surface area contributed by atoms with Gasteiger partial charge in [0.05, 0.1) is 12.2 Å². The molecule has 0 saturated carbocycles. The van der Waals surface area contributed by atoms with Crippen molar-refractivity contribution < 1.29 is 9.84 Å². The summed E-state index contributed by atoms with van der Waals surface area (Å²) in [4.78, 5) is 0. The first-order valence-corrected chi connectivity index (χ1v) is 3.42. The zero-order valence-electron chi connectivity index (χ0n) is 6.00. The SMILES string of the molecule is CC(O)(C#N)C1CCCO1. The van der Waals surface area contributed by atoms with Gasteiger partial charge in [-0.1, -0.05) is 0 Å². The van der Waals surface area contributed by atoms with Crippen molar-refractivity contribution in [2.75, 3.05) is 6.61 Å². The summed E-state index contributed by atoms with van der Waals surface area (Å²) in [6.07, 6.45) is 1.46. The van der Waals surface area contributed by atoms with Gasteiger partial charge in [0.25, 0.3) is 0 Å². The predicted octanol–water partition coefficient (Wildman–Crippen LogP) is 0.440. The fourth-order valence-corrected chi connectivity index (χ4v) is 1.09. The summed E-state index contributed by atoms with van der Waals surface area (Å²) in [6, 6.07) is 1.81. The molecular weight excluding hydrogens is 130 g/mol. The van der Waals surface area contributed by atoms with Crippen molar-refractivity contribution in [2.45, 2.75) is 31.5 Å². The van der Waals surface area contributed by atoms with E-state index in [4.69, 9.17) is 10.00 Å². The van der Waals surface area contributed by atoms with Gasteiger partial charge in [0.15, 0.2) is 5.60 Å². The average Bonchev–Trinajstić information content (AvgIpc) is 2.38. The number of nitriles is 1. The van der Waals surface area contributed by atoms with E-state index in [0.717, 1.165) is 12.8 Å². The minimum atomic E-state index is -1.30. The summed E-state index contributed by atoms with van der Waals surface area (Å²) in [5.74, 6) is 0. The zero-order valence-corrected chi connectivity index (χ0v) is 6.00. The Bertz CT molecular complexity index is 153. The molecule has 0 amide bonds. The third kappa shape index (κ3) is 1.28. The Morgan fingerprint density at radius 3 is 2.90 bits per heavy atom. The van der Waals surface area contributed by atoms with Crippen LogP contribution in [0.4, 0.5) is 0 Å². The van der Waals surface area contributed by atoms with E-state index in [0.29, 0.717) is 6.61 Å². The minimum Gasteiger partial charge on any atom is -0.374 e. The van der Waals surface area contributed by atoms with E-state index < -0.39 is 5.60 Å². The molecular formula is C7H11NO2. The van der Waals surface area contributed by atoms with Crippen molar-refractivity contribution in [1.82, 2.24) is 0 Å². The van der Waals surface area contributed by atoms with E-state index in [1.54, 1.807) is 0 Å². The number of rotatable bonds is 1. The molecule has 0 bridgehead atoms. The second-order valence-electron chi connectivity index (χ2n) is 2.76. The molecule has 1 N–H and O–H groups in total. The summed E-state index contributed by atoms with van der Waals surface area (Å²) in [5, 5.41) is 17.8. The highest BCUT2D eigenvalue weighted by molar-refractivity contribution is 5.03. The first-order chi connectivity index (χ1) is 4.67. The molecule has 0 spiro atoms. The maximum atomic E-state index is 9.34. The Balaban J connectivity index is 2.56. The van der Waals surface area contributed by atoms with Gasteiger partial charge in [0, 0.05) is 6.61 Å². The molecule has 3 nitrogen and oxygen atoms in total. The van der Waals surface area contributed by atoms with E-state index in [1.165, 1.54) is 6.92 Å². The Hall–Kier alpha value is -0.590. The predicted molar refractivity (Wildman–Crippen MR) is 35.2 cm³/mol. The molecule has 1 heterocycles. The van der Waals surface area contributed by atoms with Gasteiger partial charge in [-0.2, -0.15) is 5.26 Å². The van der Waals surface area contributed by atoms with Crippen molar-refractivity contribution in [3.8, 4) is 6.07 Å². The number of aliphatic hydroxyl groups is 1. The average molecular weight is 141 g/mol. The molecule has 0 aliphatic carbocycles. The van der Waals surface area contributed by atoms with Gasteiger partial charge in [-0.25, -0.2) is 0 Å². The van der Waals surface area contributed by atoms with Gasteiger partial charge < -0.3 is 9.84 Å². The molecule has 10 heavy (non-hydrogen) atoms. The maximum Gasteiger partial charge on any atom is 0.174 e. The third-order valence-electron chi connectivity index (χ3n) is 1.78. The first kappa shape index (κ1) is 7.52. The molecule has 0 aromatic carbocycles. The molecule has 1 aliphatic heterocycles. The lowest BCUT2D eigenvalue weighted by molar-refractivity contribution is -0.0357. The first-order valence-electron chi connectivity index (χ1n) is 3.42. The number of hydrogen-bond donors (Lipinski definition) is 1. The Morgan fingerprint density at radius 2 is 2.50 bits per heavy atom. The zero-order chi connectivity index (χ0) is 7.61. The van der Waals surface area contributed by atoms with Crippen molar-refractivity contribution in [3.05, 3.63) is 0 Å². The smallest absolute Gasteiger partial charge is 0.174 e. The standard InChI is InChI=1S/C7H11NO2/c1-7(9,5-8)6-3-2-4-10-6/h6,9H,2-4H2,1H3. The van der Waals surface area contributed by atoms with E-state index in [1.807, 2.05) is 6.07 Å². The highest BCUT2D eigenvalue weighted by Crippen LogP contribution is 2.22. The third-order valence-corrected chi connectivity index (χ3v) is 1.78. The van der Waals surface area contributed by atoms with Crippen LogP contribution in [0.25, 0.3) is 0 Å². The molecule has 1 saturated heterocycles. The van der Waals surface area contributed by atoms with Crippen LogP contribution in [-0.2, 0) is 4.74 Å². The lowest BCUT2D eigenvalue weighted by atomic mass is 9.99. The molecule has 1 fully saturated rings. The molecule has 3 heteroatoms. The molecule has 1 aliphatic rings. The van der Waals surface area contributed by atoms with Gasteiger partial charge in [-0.15, -0.1) is 0 Å². The molecule has 0 radical (unpaired) electrons. The van der Waals surface area contributed by atoms with Crippen LogP contribution in [-0.4, -0.2) is 23.4 Å². The Labute approximate surface area is 60.2 Å². The highest BCUT2D eigenvalue weighted by Gasteiger charge is 2.34. The molecule has 0 aromatic heterocycles. The number of nitrogens with zero attached hydrogens (tertiary/aromatic N) is 1. The minimum absolute atomic E-state index is 0.280. The van der Waals surface area contributed by atoms with Gasteiger partial charge in [0.1, 0.15) is 0 Å². The molecule has 0 aromatic rings. The maximum absolute atomic E-state index is 9.34. The van der Waals surface area contributed by atoms with Gasteiger partial charge in [-0.3, -0.25) is 0 Å². The van der Waals surface area contributed by atoms with Crippen LogP contribution in [0.15, 0.2) is 0 Å². The van der Waals surface area contributed by atoms with Crippen molar-refractivity contribution in [3.63, 3.8) is 0 Å². The van der Waals surface area contributed by atoms with Crippen LogP contribution in [0.2, 0.25) is 0 Å². The van der Waals surface area contributed by atoms with Gasteiger partial charge in [-0.05, 0) is 19.8 Å². The Kier molecular flexibility index (Phi) is 1.93. The quantitative estimate of drug-likeness (QED) is 0.539. The lowest BCUT2D eigenvalue weighted by Crippen LogP contribution is -2.36. The lowest BCUT2D eigenvalue weighted by Gasteiger charge is -2.20. The van der Waals surface area contributed by atoms with Crippen LogP contribution in [0.1, 0.15) is 19.8 Å². The van der Waals surface area contributed by atoms with Crippen molar-refractivity contribution >= 4 is 0 Å². The number of hydrogen-bond acceptors (Lipinski definition) is 3. The summed E-state index contributed by atoms with van der Waals surface area (Å²) in [7, 11) is 0. The van der Waals surface area contributed by atoms with Crippen LogP contribution >= 0.6 is 0 Å². The van der Waals surface area contributed by atoms with Crippen molar-refractivity contribution in [2.24, 2.45) is 0 Å². The van der Waals surface area contributed by atoms with Crippen molar-refractivity contribution in [1.29, 1.82) is 5.26 Å². The molecule has 1 rings (SSSR count). The normalized spacial score (nSPS) is 31.1. The fraction of sp³-hybridized carbons (Fsp3) is 0.857. The summed E-state index contributed by atoms with van der Waals surface area (Å²) in [5.41, 5.74) is -1.30. The second kappa shape index (κ2) is 2.57. The Morgan fingerprint density at radius 1 is 1.80 bits per heavy atom. The van der Waals surface area contributed by atoms with Gasteiger partial charge >= 0.3 is 0 Å². The fourth-order valence-electron chi connectivity index (χ4n) is 1.09. The van der Waals surface area contributed by atoms with E-state index in [-0.39, 0.29) is 6.10 Å². The van der Waals surface area contributed by atoms with E-state index in [9.17, 15) is 5.11 Å². The molecule has 56 valence electrons. The van der Waals surface area contributed by atoms with Crippen LogP contribution in [0.3, 0.4) is 0 Å². The van der Waals surface area contributed by atoms with Gasteiger partial charge in [0.2, 0.25) is 0 Å². The summed E-state index contributed by atoms with van der Waals surface area (Å²) < 4.78 is 5.14. The topological polar surface area (TPSA) is 53.2 Å². The van der Waals surface area contributed by atoms with Crippen LogP contribution in [0.5, 0.6) is 0 Å². The molecule has 2 atom stereocenters. The monoisotopic (exact) mass is 141 g/mol.